The van der Waals surface area contributed by atoms with E-state index in [0.717, 1.165) is 6.07 Å². The van der Waals surface area contributed by atoms with Crippen molar-refractivity contribution >= 4 is 10.0 Å². The molecule has 7 heteroatoms. The van der Waals surface area contributed by atoms with Gasteiger partial charge in [0.2, 0.25) is 10.0 Å². The van der Waals surface area contributed by atoms with Crippen LogP contribution in [0.1, 0.15) is 5.56 Å². The molecule has 0 aromatic heterocycles. The van der Waals surface area contributed by atoms with Crippen LogP contribution in [0.3, 0.4) is 0 Å². The van der Waals surface area contributed by atoms with E-state index in [-0.39, 0.29) is 16.0 Å². The van der Waals surface area contributed by atoms with Crippen molar-refractivity contribution in [3.8, 4) is 22.3 Å². The molecule has 0 aliphatic rings. The Labute approximate surface area is 149 Å². The number of halogens is 3. The summed E-state index contributed by atoms with van der Waals surface area (Å²) in [6.45, 7) is 0. The van der Waals surface area contributed by atoms with E-state index in [4.69, 9.17) is 5.14 Å². The Hall–Kier alpha value is -2.64. The molecular formula is C19H14F3NO2S. The highest BCUT2D eigenvalue weighted by Crippen LogP contribution is 2.41. The largest absolute Gasteiger partial charge is 0.417 e. The van der Waals surface area contributed by atoms with Gasteiger partial charge in [-0.2, -0.15) is 13.2 Å². The van der Waals surface area contributed by atoms with Crippen LogP contribution in [0.15, 0.2) is 77.7 Å². The number of hydrogen-bond donors (Lipinski definition) is 1. The molecule has 3 aromatic carbocycles. The molecular weight excluding hydrogens is 363 g/mol. The topological polar surface area (TPSA) is 60.2 Å². The highest BCUT2D eigenvalue weighted by molar-refractivity contribution is 7.89. The van der Waals surface area contributed by atoms with Crippen LogP contribution in [-0.2, 0) is 16.2 Å². The zero-order valence-corrected chi connectivity index (χ0v) is 14.2. The molecule has 0 fully saturated rings. The molecule has 0 heterocycles. The minimum absolute atomic E-state index is 0.107. The maximum atomic E-state index is 13.5. The van der Waals surface area contributed by atoms with Crippen LogP contribution in [0.4, 0.5) is 13.2 Å². The van der Waals surface area contributed by atoms with Crippen molar-refractivity contribution in [3.63, 3.8) is 0 Å². The van der Waals surface area contributed by atoms with Crippen LogP contribution in [0.25, 0.3) is 22.3 Å². The average Bonchev–Trinajstić information content (AvgIpc) is 2.60. The quantitative estimate of drug-likeness (QED) is 0.720. The van der Waals surface area contributed by atoms with E-state index < -0.39 is 21.8 Å². The highest BCUT2D eigenvalue weighted by atomic mass is 32.2. The van der Waals surface area contributed by atoms with Gasteiger partial charge in [0.1, 0.15) is 0 Å². The Morgan fingerprint density at radius 2 is 1.35 bits per heavy atom. The Morgan fingerprint density at radius 1 is 0.731 bits per heavy atom. The van der Waals surface area contributed by atoms with Crippen LogP contribution < -0.4 is 5.14 Å². The molecule has 0 aliphatic carbocycles. The predicted octanol–water partition coefficient (Wildman–Crippen LogP) is 4.69. The van der Waals surface area contributed by atoms with Gasteiger partial charge in [-0.1, -0.05) is 54.6 Å². The van der Waals surface area contributed by atoms with Crippen LogP contribution in [0.5, 0.6) is 0 Å². The lowest BCUT2D eigenvalue weighted by molar-refractivity contribution is -0.137. The molecule has 0 aliphatic heterocycles. The molecule has 3 aromatic rings. The first-order chi connectivity index (χ1) is 12.2. The van der Waals surface area contributed by atoms with E-state index in [1.807, 2.05) is 0 Å². The summed E-state index contributed by atoms with van der Waals surface area (Å²) in [5.74, 6) is 0. The van der Waals surface area contributed by atoms with Gasteiger partial charge in [0.15, 0.2) is 0 Å². The van der Waals surface area contributed by atoms with E-state index in [1.54, 1.807) is 30.3 Å². The molecule has 3 rings (SSSR count). The van der Waals surface area contributed by atoms with Crippen LogP contribution >= 0.6 is 0 Å². The zero-order valence-electron chi connectivity index (χ0n) is 13.4. The summed E-state index contributed by atoms with van der Waals surface area (Å²) in [6, 6.07) is 17.8. The van der Waals surface area contributed by atoms with Gasteiger partial charge in [0.05, 0.1) is 10.5 Å². The van der Waals surface area contributed by atoms with E-state index in [9.17, 15) is 21.6 Å². The van der Waals surface area contributed by atoms with E-state index in [0.29, 0.717) is 11.1 Å². The molecule has 0 saturated heterocycles. The monoisotopic (exact) mass is 377 g/mol. The van der Waals surface area contributed by atoms with Gasteiger partial charge in [-0.05, 0) is 40.5 Å². The molecule has 134 valence electrons. The molecule has 0 bridgehead atoms. The van der Waals surface area contributed by atoms with Crippen molar-refractivity contribution in [1.29, 1.82) is 0 Å². The van der Waals surface area contributed by atoms with Gasteiger partial charge in [-0.15, -0.1) is 0 Å². The minimum Gasteiger partial charge on any atom is -0.225 e. The highest BCUT2D eigenvalue weighted by Gasteiger charge is 2.34. The second-order valence-corrected chi connectivity index (χ2v) is 7.22. The van der Waals surface area contributed by atoms with Crippen LogP contribution in [0.2, 0.25) is 0 Å². The first-order valence-corrected chi connectivity index (χ1v) is 9.11. The second-order valence-electron chi connectivity index (χ2n) is 5.66. The molecule has 3 nitrogen and oxygen atoms in total. The minimum atomic E-state index is -4.58. The van der Waals surface area contributed by atoms with E-state index in [2.05, 4.69) is 0 Å². The van der Waals surface area contributed by atoms with Crippen molar-refractivity contribution in [3.05, 3.63) is 78.4 Å². The third-order valence-electron chi connectivity index (χ3n) is 3.93. The lowest BCUT2D eigenvalue weighted by atomic mass is 9.91. The molecule has 0 amide bonds. The summed E-state index contributed by atoms with van der Waals surface area (Å²) in [7, 11) is -4.06. The first-order valence-electron chi connectivity index (χ1n) is 7.57. The maximum Gasteiger partial charge on any atom is 0.417 e. The first kappa shape index (κ1) is 18.2. The fourth-order valence-electron chi connectivity index (χ4n) is 2.76. The molecule has 0 unspecified atom stereocenters. The zero-order chi connectivity index (χ0) is 18.9. The number of primary sulfonamides is 1. The van der Waals surface area contributed by atoms with E-state index >= 15 is 0 Å². The Kier molecular flexibility index (Phi) is 4.60. The van der Waals surface area contributed by atoms with Gasteiger partial charge >= 0.3 is 6.18 Å². The normalized spacial score (nSPS) is 12.2. The summed E-state index contributed by atoms with van der Waals surface area (Å²) in [5, 5.41) is 5.17. The molecule has 0 saturated carbocycles. The van der Waals surface area contributed by atoms with Crippen molar-refractivity contribution < 1.29 is 21.6 Å². The van der Waals surface area contributed by atoms with Gasteiger partial charge in [-0.3, -0.25) is 0 Å². The fourth-order valence-corrected chi connectivity index (χ4v) is 3.30. The average molecular weight is 377 g/mol. The number of rotatable bonds is 3. The SMILES string of the molecule is NS(=O)(=O)c1ccc(-c2ccccc2)c(-c2ccccc2C(F)(F)F)c1. The van der Waals surface area contributed by atoms with Crippen LogP contribution in [0, 0.1) is 0 Å². The lowest BCUT2D eigenvalue weighted by Gasteiger charge is -2.17. The van der Waals surface area contributed by atoms with Gasteiger partial charge in [-0.25, -0.2) is 13.6 Å². The smallest absolute Gasteiger partial charge is 0.225 e. The number of sulfonamides is 1. The standard InChI is InChI=1S/C19H14F3NO2S/c20-19(21,22)18-9-5-4-8-16(18)17-12-14(26(23,24)25)10-11-15(17)13-6-2-1-3-7-13/h1-12H,(H2,23,24,25). The van der Waals surface area contributed by atoms with Gasteiger partial charge in [0, 0.05) is 0 Å². The van der Waals surface area contributed by atoms with Crippen molar-refractivity contribution in [2.24, 2.45) is 5.14 Å². The molecule has 26 heavy (non-hydrogen) atoms. The summed E-state index contributed by atoms with van der Waals surface area (Å²) in [6.07, 6.45) is -4.58. The number of hydrogen-bond acceptors (Lipinski definition) is 2. The third kappa shape index (κ3) is 3.63. The summed E-state index contributed by atoms with van der Waals surface area (Å²) in [4.78, 5) is -0.246. The summed E-state index contributed by atoms with van der Waals surface area (Å²) >= 11 is 0. The maximum absolute atomic E-state index is 13.5. The number of nitrogens with two attached hydrogens (primary N) is 1. The van der Waals surface area contributed by atoms with Crippen molar-refractivity contribution in [2.45, 2.75) is 11.1 Å². The fraction of sp³-hybridized carbons (Fsp3) is 0.0526. The molecule has 0 spiro atoms. The Bertz CT molecular complexity index is 1050. The number of benzene rings is 3. The Morgan fingerprint density at radius 3 is 1.96 bits per heavy atom. The third-order valence-corrected chi connectivity index (χ3v) is 4.84. The molecule has 2 N–H and O–H groups in total. The van der Waals surface area contributed by atoms with Crippen LogP contribution in [-0.4, -0.2) is 8.42 Å². The predicted molar refractivity (Wildman–Crippen MR) is 93.7 cm³/mol. The van der Waals surface area contributed by atoms with Gasteiger partial charge < -0.3 is 0 Å². The number of alkyl halides is 3. The van der Waals surface area contributed by atoms with Gasteiger partial charge in [0.25, 0.3) is 0 Å². The molecule has 0 atom stereocenters. The van der Waals surface area contributed by atoms with Crippen molar-refractivity contribution in [1.82, 2.24) is 0 Å². The molecule has 0 radical (unpaired) electrons. The van der Waals surface area contributed by atoms with E-state index in [1.165, 1.54) is 36.4 Å². The second kappa shape index (κ2) is 6.59. The summed E-state index contributed by atoms with van der Waals surface area (Å²) < 4.78 is 63.8. The Balaban J connectivity index is 2.36. The summed E-state index contributed by atoms with van der Waals surface area (Å²) in [5.41, 5.74) is 0.346. The lowest BCUT2D eigenvalue weighted by Crippen LogP contribution is -2.12. The van der Waals surface area contributed by atoms with Crippen molar-refractivity contribution in [2.75, 3.05) is 0 Å².